The van der Waals surface area contributed by atoms with Crippen molar-refractivity contribution in [2.75, 3.05) is 7.11 Å². The molecule has 2 rings (SSSR count). The van der Waals surface area contributed by atoms with Crippen molar-refractivity contribution in [3.8, 4) is 0 Å². The van der Waals surface area contributed by atoms with Crippen LogP contribution < -0.4 is 0 Å². The van der Waals surface area contributed by atoms with E-state index >= 15 is 0 Å². The van der Waals surface area contributed by atoms with Gasteiger partial charge in [-0.25, -0.2) is 0 Å². The minimum absolute atomic E-state index is 0.237. The van der Waals surface area contributed by atoms with Gasteiger partial charge in [-0.05, 0) is 17.5 Å². The van der Waals surface area contributed by atoms with Crippen LogP contribution in [0.4, 0.5) is 0 Å². The molecule has 0 aliphatic carbocycles. The van der Waals surface area contributed by atoms with Gasteiger partial charge in [-0.3, -0.25) is 0 Å². The van der Waals surface area contributed by atoms with Gasteiger partial charge >= 0.3 is 0 Å². The van der Waals surface area contributed by atoms with Crippen molar-refractivity contribution in [3.63, 3.8) is 0 Å². The Labute approximate surface area is 154 Å². The molecule has 0 fully saturated rings. The minimum atomic E-state index is 0.237. The highest BCUT2D eigenvalue weighted by atomic mass is 16.5. The smallest absolute Gasteiger partial charge is 0.0680 e. The van der Waals surface area contributed by atoms with E-state index in [9.17, 15) is 0 Å². The van der Waals surface area contributed by atoms with E-state index in [-0.39, 0.29) is 6.10 Å². The highest BCUT2D eigenvalue weighted by Gasteiger charge is 2.24. The van der Waals surface area contributed by atoms with E-state index in [0.29, 0.717) is 5.92 Å². The zero-order valence-electron chi connectivity index (χ0n) is 16.0. The molecule has 0 aromatic heterocycles. The van der Waals surface area contributed by atoms with Gasteiger partial charge in [-0.1, -0.05) is 113 Å². The first-order valence-corrected chi connectivity index (χ1v) is 9.99. The Kier molecular flexibility index (Phi) is 9.36. The van der Waals surface area contributed by atoms with Gasteiger partial charge in [0.1, 0.15) is 0 Å². The summed E-state index contributed by atoms with van der Waals surface area (Å²) in [5.41, 5.74) is 2.70. The molecule has 2 aromatic carbocycles. The molecule has 25 heavy (non-hydrogen) atoms. The van der Waals surface area contributed by atoms with Crippen molar-refractivity contribution in [1.29, 1.82) is 0 Å². The Balaban J connectivity index is 1.97. The standard InChI is InChI=1S/C24H34O/c1-3-4-5-6-7-8-15-20-23(25-2)24(21-16-11-9-12-17-21)22-18-13-10-14-19-22/h9-14,16-19,23-24H,3-8,15,20H2,1-2H3. The number of methoxy groups -OCH3 is 1. The van der Waals surface area contributed by atoms with Crippen molar-refractivity contribution >= 4 is 0 Å². The number of hydrogen-bond donors (Lipinski definition) is 0. The molecule has 0 spiro atoms. The maximum atomic E-state index is 5.97. The Bertz CT molecular complexity index is 509. The lowest BCUT2D eigenvalue weighted by Crippen LogP contribution is -2.22. The van der Waals surface area contributed by atoms with E-state index in [1.54, 1.807) is 0 Å². The zero-order chi connectivity index (χ0) is 17.7. The Morgan fingerprint density at radius 3 is 1.64 bits per heavy atom. The molecule has 0 aliphatic rings. The van der Waals surface area contributed by atoms with Gasteiger partial charge in [-0.2, -0.15) is 0 Å². The number of hydrogen-bond acceptors (Lipinski definition) is 1. The molecule has 1 nitrogen and oxygen atoms in total. The Morgan fingerprint density at radius 1 is 0.680 bits per heavy atom. The lowest BCUT2D eigenvalue weighted by Gasteiger charge is -2.27. The first kappa shape index (κ1) is 19.7. The van der Waals surface area contributed by atoms with E-state index in [1.807, 2.05) is 7.11 Å². The third kappa shape index (κ3) is 6.66. The molecule has 0 amide bonds. The van der Waals surface area contributed by atoms with Gasteiger partial charge in [0, 0.05) is 13.0 Å². The summed E-state index contributed by atoms with van der Waals surface area (Å²) in [6.07, 6.45) is 10.8. The van der Waals surface area contributed by atoms with Crippen molar-refractivity contribution < 1.29 is 4.74 Å². The van der Waals surface area contributed by atoms with Crippen LogP contribution in [0.25, 0.3) is 0 Å². The molecule has 0 radical (unpaired) electrons. The summed E-state index contributed by atoms with van der Waals surface area (Å²) < 4.78 is 5.97. The second kappa shape index (κ2) is 11.9. The zero-order valence-corrected chi connectivity index (χ0v) is 16.0. The van der Waals surface area contributed by atoms with Crippen LogP contribution in [0.15, 0.2) is 60.7 Å². The van der Waals surface area contributed by atoms with Gasteiger partial charge in [0.15, 0.2) is 0 Å². The molecule has 0 N–H and O–H groups in total. The van der Waals surface area contributed by atoms with Crippen LogP contribution in [-0.4, -0.2) is 13.2 Å². The quantitative estimate of drug-likeness (QED) is 0.379. The average molecular weight is 339 g/mol. The molecule has 0 saturated heterocycles. The normalized spacial score (nSPS) is 12.4. The number of rotatable bonds is 12. The molecule has 0 saturated carbocycles. The van der Waals surface area contributed by atoms with Gasteiger partial charge in [-0.15, -0.1) is 0 Å². The molecule has 2 aromatic rings. The maximum Gasteiger partial charge on any atom is 0.0680 e. The molecule has 1 heteroatoms. The van der Waals surface area contributed by atoms with Gasteiger partial charge < -0.3 is 4.74 Å². The monoisotopic (exact) mass is 338 g/mol. The van der Waals surface area contributed by atoms with E-state index in [4.69, 9.17) is 4.74 Å². The minimum Gasteiger partial charge on any atom is -0.380 e. The van der Waals surface area contributed by atoms with Crippen LogP contribution in [0.5, 0.6) is 0 Å². The fourth-order valence-corrected chi connectivity index (χ4v) is 3.67. The Hall–Kier alpha value is -1.60. The van der Waals surface area contributed by atoms with Crippen LogP contribution in [0.1, 0.15) is 75.3 Å². The fraction of sp³-hybridized carbons (Fsp3) is 0.500. The highest BCUT2D eigenvalue weighted by molar-refractivity contribution is 5.33. The van der Waals surface area contributed by atoms with Crippen LogP contribution in [0.3, 0.4) is 0 Å². The maximum absolute atomic E-state index is 5.97. The number of ether oxygens (including phenoxy) is 1. The highest BCUT2D eigenvalue weighted by Crippen LogP contribution is 2.32. The third-order valence-corrected chi connectivity index (χ3v) is 5.08. The average Bonchev–Trinajstić information content (AvgIpc) is 2.68. The lowest BCUT2D eigenvalue weighted by atomic mass is 9.84. The number of unbranched alkanes of at least 4 members (excludes halogenated alkanes) is 6. The topological polar surface area (TPSA) is 9.23 Å². The van der Waals surface area contributed by atoms with Crippen LogP contribution in [0, 0.1) is 0 Å². The molecule has 1 unspecified atom stereocenters. The van der Waals surface area contributed by atoms with Crippen molar-refractivity contribution in [1.82, 2.24) is 0 Å². The van der Waals surface area contributed by atoms with E-state index in [0.717, 1.165) is 6.42 Å². The summed E-state index contributed by atoms with van der Waals surface area (Å²) >= 11 is 0. The predicted molar refractivity (Wildman–Crippen MR) is 108 cm³/mol. The third-order valence-electron chi connectivity index (χ3n) is 5.08. The lowest BCUT2D eigenvalue weighted by molar-refractivity contribution is 0.0793. The second-order valence-electron chi connectivity index (χ2n) is 6.98. The summed E-state index contributed by atoms with van der Waals surface area (Å²) in [6.45, 7) is 2.27. The SMILES string of the molecule is CCCCCCCCCC(OC)C(c1ccccc1)c1ccccc1. The van der Waals surface area contributed by atoms with E-state index in [2.05, 4.69) is 67.6 Å². The van der Waals surface area contributed by atoms with Crippen LogP contribution in [0.2, 0.25) is 0 Å². The van der Waals surface area contributed by atoms with Crippen LogP contribution in [-0.2, 0) is 4.74 Å². The summed E-state index contributed by atoms with van der Waals surface area (Å²) in [4.78, 5) is 0. The molecule has 0 bridgehead atoms. The van der Waals surface area contributed by atoms with E-state index < -0.39 is 0 Å². The van der Waals surface area contributed by atoms with Gasteiger partial charge in [0.25, 0.3) is 0 Å². The van der Waals surface area contributed by atoms with Crippen molar-refractivity contribution in [2.45, 2.75) is 70.3 Å². The van der Waals surface area contributed by atoms with Crippen LogP contribution >= 0.6 is 0 Å². The molecular weight excluding hydrogens is 304 g/mol. The van der Waals surface area contributed by atoms with E-state index in [1.165, 1.54) is 56.1 Å². The van der Waals surface area contributed by atoms with Gasteiger partial charge in [0.05, 0.1) is 6.10 Å². The number of benzene rings is 2. The largest absolute Gasteiger partial charge is 0.380 e. The fourth-order valence-electron chi connectivity index (χ4n) is 3.67. The van der Waals surface area contributed by atoms with Crippen molar-refractivity contribution in [3.05, 3.63) is 71.8 Å². The first-order valence-electron chi connectivity index (χ1n) is 9.99. The molecule has 0 aliphatic heterocycles. The van der Waals surface area contributed by atoms with Crippen molar-refractivity contribution in [2.24, 2.45) is 0 Å². The molecule has 0 heterocycles. The van der Waals surface area contributed by atoms with Gasteiger partial charge in [0.2, 0.25) is 0 Å². The Morgan fingerprint density at radius 2 is 1.16 bits per heavy atom. The summed E-state index contributed by atoms with van der Waals surface area (Å²) in [7, 11) is 1.87. The second-order valence-corrected chi connectivity index (χ2v) is 6.98. The molecule has 136 valence electrons. The summed E-state index contributed by atoms with van der Waals surface area (Å²) in [5.74, 6) is 0.312. The predicted octanol–water partition coefficient (Wildman–Crippen LogP) is 6.97. The summed E-state index contributed by atoms with van der Waals surface area (Å²) in [6, 6.07) is 21.6. The first-order chi connectivity index (χ1) is 12.4. The summed E-state index contributed by atoms with van der Waals surface area (Å²) in [5, 5.41) is 0. The molecular formula is C24H34O. The molecule has 1 atom stereocenters.